The van der Waals surface area contributed by atoms with Crippen LogP contribution in [-0.4, -0.2) is 33.0 Å². The zero-order chi connectivity index (χ0) is 25.8. The molecule has 0 aliphatic carbocycles. The van der Waals surface area contributed by atoms with E-state index in [-0.39, 0.29) is 12.1 Å². The van der Waals surface area contributed by atoms with Gasteiger partial charge in [-0.2, -0.15) is 10.4 Å². The Labute approximate surface area is 215 Å². The highest BCUT2D eigenvalue weighted by Crippen LogP contribution is 2.31. The molecule has 180 valence electrons. The summed E-state index contributed by atoms with van der Waals surface area (Å²) < 4.78 is 1.77. The molecule has 0 fully saturated rings. The first-order valence-corrected chi connectivity index (χ1v) is 12.0. The Balaban J connectivity index is 1.59. The van der Waals surface area contributed by atoms with Crippen LogP contribution in [0.4, 0.5) is 0 Å². The molecule has 37 heavy (non-hydrogen) atoms. The van der Waals surface area contributed by atoms with Gasteiger partial charge in [-0.3, -0.25) is 14.5 Å². The molecule has 2 heterocycles. The molecule has 1 aliphatic heterocycles. The first-order chi connectivity index (χ1) is 18.1. The molecule has 0 unspecified atom stereocenters. The average molecular weight is 485 g/mol. The summed E-state index contributed by atoms with van der Waals surface area (Å²) in [5.74, 6) is -0.967. The number of aromatic nitrogens is 2. The van der Waals surface area contributed by atoms with Gasteiger partial charge < -0.3 is 0 Å². The van der Waals surface area contributed by atoms with Gasteiger partial charge in [0.25, 0.3) is 11.8 Å². The van der Waals surface area contributed by atoms with Crippen molar-refractivity contribution in [1.82, 2.24) is 14.7 Å². The molecule has 3 aromatic carbocycles. The van der Waals surface area contributed by atoms with Gasteiger partial charge in [-0.15, -0.1) is 0 Å². The zero-order valence-electron chi connectivity index (χ0n) is 20.3. The third-order valence-electron chi connectivity index (χ3n) is 6.40. The molecule has 0 radical (unpaired) electrons. The molecule has 0 bridgehead atoms. The minimum absolute atomic E-state index is 0.0179. The van der Waals surface area contributed by atoms with Crippen molar-refractivity contribution in [3.8, 4) is 23.0 Å². The fraction of sp³-hybridized carbons (Fsp3) is 0.0968. The van der Waals surface area contributed by atoms with E-state index in [0.717, 1.165) is 16.8 Å². The summed E-state index contributed by atoms with van der Waals surface area (Å²) >= 11 is 0. The minimum Gasteiger partial charge on any atom is -0.273 e. The van der Waals surface area contributed by atoms with Crippen molar-refractivity contribution in [2.45, 2.75) is 13.3 Å². The number of benzene rings is 3. The third kappa shape index (κ3) is 4.75. The predicted octanol–water partition coefficient (Wildman–Crippen LogP) is 5.37. The largest absolute Gasteiger partial charge is 0.273 e. The number of nitriles is 1. The summed E-state index contributed by atoms with van der Waals surface area (Å²) in [5.41, 5.74) is 4.87. The second-order valence-corrected chi connectivity index (χ2v) is 8.75. The van der Waals surface area contributed by atoms with Gasteiger partial charge in [-0.25, -0.2) is 4.68 Å². The molecule has 0 N–H and O–H groups in total. The summed E-state index contributed by atoms with van der Waals surface area (Å²) in [6.45, 7) is 1.84. The van der Waals surface area contributed by atoms with Crippen LogP contribution >= 0.6 is 0 Å². The summed E-state index contributed by atoms with van der Waals surface area (Å²) in [6, 6.07) is 31.1. The molecular formula is C31H24N4O2. The van der Waals surface area contributed by atoms with Crippen molar-refractivity contribution in [1.29, 1.82) is 5.26 Å². The van der Waals surface area contributed by atoms with Gasteiger partial charge in [0.15, 0.2) is 0 Å². The highest BCUT2D eigenvalue weighted by Gasteiger charge is 2.35. The van der Waals surface area contributed by atoms with Crippen molar-refractivity contribution >= 4 is 17.9 Å². The maximum atomic E-state index is 13.6. The third-order valence-corrected chi connectivity index (χ3v) is 6.40. The lowest BCUT2D eigenvalue weighted by atomic mass is 9.93. The number of hydrogen-bond acceptors (Lipinski definition) is 4. The molecule has 6 heteroatoms. The van der Waals surface area contributed by atoms with E-state index in [4.69, 9.17) is 5.10 Å². The summed E-state index contributed by atoms with van der Waals surface area (Å²) in [6.07, 6.45) is 4.11. The molecule has 5 rings (SSSR count). The van der Waals surface area contributed by atoms with Gasteiger partial charge >= 0.3 is 0 Å². The van der Waals surface area contributed by atoms with Crippen molar-refractivity contribution in [2.75, 3.05) is 6.54 Å². The van der Waals surface area contributed by atoms with Crippen LogP contribution in [0.15, 0.2) is 114 Å². The van der Waals surface area contributed by atoms with Gasteiger partial charge in [0.2, 0.25) is 0 Å². The van der Waals surface area contributed by atoms with Crippen LogP contribution in [0.5, 0.6) is 0 Å². The Morgan fingerprint density at radius 3 is 2.14 bits per heavy atom. The molecule has 0 saturated heterocycles. The minimum atomic E-state index is -0.554. The molecule has 1 aromatic heterocycles. The lowest BCUT2D eigenvalue weighted by Gasteiger charge is -2.27. The molecular weight excluding hydrogens is 460 g/mol. The SMILES string of the molecule is CC1=C(C#N)C(=O)N(CCc2ccccc2)C(=O)/C1=C/c1cn(-c2ccccc2)nc1-c1ccccc1. The van der Waals surface area contributed by atoms with Crippen molar-refractivity contribution < 1.29 is 9.59 Å². The Kier molecular flexibility index (Phi) is 6.60. The van der Waals surface area contributed by atoms with E-state index in [1.165, 1.54) is 4.90 Å². The second kappa shape index (κ2) is 10.3. The van der Waals surface area contributed by atoms with E-state index in [9.17, 15) is 14.9 Å². The first-order valence-electron chi connectivity index (χ1n) is 12.0. The lowest BCUT2D eigenvalue weighted by molar-refractivity contribution is -0.140. The van der Waals surface area contributed by atoms with Gasteiger partial charge in [0, 0.05) is 29.4 Å². The van der Waals surface area contributed by atoms with Gasteiger partial charge in [0.05, 0.1) is 11.4 Å². The maximum absolute atomic E-state index is 13.6. The first kappa shape index (κ1) is 23.7. The highest BCUT2D eigenvalue weighted by molar-refractivity contribution is 6.19. The number of carbonyl (C=O) groups is 2. The molecule has 4 aromatic rings. The quantitative estimate of drug-likeness (QED) is 0.272. The molecule has 0 saturated carbocycles. The van der Waals surface area contributed by atoms with Crippen molar-refractivity contribution in [3.05, 3.63) is 125 Å². The maximum Gasteiger partial charge on any atom is 0.271 e. The highest BCUT2D eigenvalue weighted by atomic mass is 16.2. The zero-order valence-corrected chi connectivity index (χ0v) is 20.3. The number of amides is 2. The van der Waals surface area contributed by atoms with E-state index < -0.39 is 11.8 Å². The lowest BCUT2D eigenvalue weighted by Crippen LogP contribution is -2.43. The molecule has 2 amide bonds. The van der Waals surface area contributed by atoms with Gasteiger partial charge in [0.1, 0.15) is 11.6 Å². The monoisotopic (exact) mass is 484 g/mol. The van der Waals surface area contributed by atoms with Crippen molar-refractivity contribution in [3.63, 3.8) is 0 Å². The van der Waals surface area contributed by atoms with Gasteiger partial charge in [-0.05, 0) is 42.7 Å². The number of hydrogen-bond donors (Lipinski definition) is 0. The Morgan fingerprint density at radius 2 is 1.49 bits per heavy atom. The number of para-hydroxylation sites is 1. The van der Waals surface area contributed by atoms with Crippen molar-refractivity contribution in [2.24, 2.45) is 0 Å². The van der Waals surface area contributed by atoms with E-state index in [0.29, 0.717) is 28.8 Å². The average Bonchev–Trinajstić information content (AvgIpc) is 3.37. The second-order valence-electron chi connectivity index (χ2n) is 8.75. The standard InChI is InChI=1S/C31H24N4O2/c1-22-27(30(36)34(31(37)28(22)20-32)18-17-23-11-5-2-6-12-23)19-25-21-35(26-15-9-4-10-16-26)33-29(25)24-13-7-3-8-14-24/h2-16,19,21H,17-18H2,1H3/b27-19+. The van der Waals surface area contributed by atoms with Crippen LogP contribution in [0.3, 0.4) is 0 Å². The fourth-order valence-electron chi connectivity index (χ4n) is 4.40. The molecule has 0 atom stereocenters. The van der Waals surface area contributed by atoms with Gasteiger partial charge in [-0.1, -0.05) is 78.9 Å². The number of imide groups is 1. The van der Waals surface area contributed by atoms with Crippen LogP contribution in [0, 0.1) is 11.3 Å². The number of carbonyl (C=O) groups excluding carboxylic acids is 2. The van der Waals surface area contributed by atoms with Crippen LogP contribution in [0.1, 0.15) is 18.1 Å². The van der Waals surface area contributed by atoms with Crippen LogP contribution in [0.25, 0.3) is 23.0 Å². The normalized spacial score (nSPS) is 14.8. The van der Waals surface area contributed by atoms with Crippen LogP contribution in [-0.2, 0) is 16.0 Å². The summed E-state index contributed by atoms with van der Waals surface area (Å²) in [4.78, 5) is 27.9. The van der Waals surface area contributed by atoms with E-state index in [2.05, 4.69) is 0 Å². The summed E-state index contributed by atoms with van der Waals surface area (Å²) in [5, 5.41) is 14.6. The predicted molar refractivity (Wildman–Crippen MR) is 142 cm³/mol. The van der Waals surface area contributed by atoms with E-state index in [1.54, 1.807) is 17.7 Å². The summed E-state index contributed by atoms with van der Waals surface area (Å²) in [7, 11) is 0. The Bertz CT molecular complexity index is 1560. The van der Waals surface area contributed by atoms with Crippen LogP contribution in [0.2, 0.25) is 0 Å². The Hall–Kier alpha value is -5.02. The number of rotatable bonds is 6. The molecule has 1 aliphatic rings. The Morgan fingerprint density at radius 1 is 0.865 bits per heavy atom. The topological polar surface area (TPSA) is 79.0 Å². The molecule has 6 nitrogen and oxygen atoms in total. The van der Waals surface area contributed by atoms with E-state index in [1.807, 2.05) is 103 Å². The smallest absolute Gasteiger partial charge is 0.271 e. The fourth-order valence-corrected chi connectivity index (χ4v) is 4.40. The number of nitrogens with zero attached hydrogens (tertiary/aromatic N) is 4. The molecule has 0 spiro atoms. The van der Waals surface area contributed by atoms with Crippen LogP contribution < -0.4 is 0 Å². The van der Waals surface area contributed by atoms with E-state index >= 15 is 0 Å².